The van der Waals surface area contributed by atoms with Crippen LogP contribution in [0.5, 0.6) is 0 Å². The van der Waals surface area contributed by atoms with Gasteiger partial charge in [0.25, 0.3) is 0 Å². The van der Waals surface area contributed by atoms with Crippen molar-refractivity contribution >= 4 is 6.09 Å². The Morgan fingerprint density at radius 1 is 1.21 bits per heavy atom. The van der Waals surface area contributed by atoms with Crippen LogP contribution in [0.4, 0.5) is 4.79 Å². The number of hydrogen-bond acceptors (Lipinski definition) is 4. The smallest absolute Gasteiger partial charge is 0.410 e. The second kappa shape index (κ2) is 8.96. The summed E-state index contributed by atoms with van der Waals surface area (Å²) in [4.78, 5) is 14.1. The number of benzene rings is 1. The normalized spacial score (nSPS) is 23.4. The summed E-state index contributed by atoms with van der Waals surface area (Å²) in [7, 11) is 0. The molecule has 152 valence electrons. The van der Waals surface area contributed by atoms with Crippen molar-refractivity contribution in [1.29, 1.82) is 5.26 Å². The summed E-state index contributed by atoms with van der Waals surface area (Å²) < 4.78 is 5.48. The maximum atomic E-state index is 12.4. The Labute approximate surface area is 169 Å². The Balaban J connectivity index is 1.59. The van der Waals surface area contributed by atoms with E-state index in [1.54, 1.807) is 4.90 Å². The molecule has 2 fully saturated rings. The van der Waals surface area contributed by atoms with Crippen LogP contribution in [0, 0.1) is 23.2 Å². The number of nitriles is 1. The zero-order chi connectivity index (χ0) is 20.1. The van der Waals surface area contributed by atoms with E-state index < -0.39 is 5.60 Å². The Bertz CT molecular complexity index is 696. The Morgan fingerprint density at radius 2 is 1.89 bits per heavy atom. The molecule has 2 aliphatic rings. The highest BCUT2D eigenvalue weighted by Gasteiger charge is 2.38. The zero-order valence-corrected chi connectivity index (χ0v) is 17.4. The number of hydrogen-bond donors (Lipinski definition) is 1. The van der Waals surface area contributed by atoms with Crippen molar-refractivity contribution in [3.8, 4) is 6.07 Å². The molecule has 0 bridgehead atoms. The molecule has 0 spiro atoms. The van der Waals surface area contributed by atoms with Crippen LogP contribution in [0.2, 0.25) is 0 Å². The van der Waals surface area contributed by atoms with Gasteiger partial charge < -0.3 is 15.0 Å². The van der Waals surface area contributed by atoms with E-state index in [4.69, 9.17) is 4.74 Å². The standard InChI is InChI=1S/C23H33N3O2/c1-23(2,3)28-22(27)26-15-20(14-24)21(16-26)19-8-6-17(7-9-19)4-5-18-10-12-25-13-11-18/h6-9,18,20-21,25H,4-5,10-13,15-16H2,1-3H3/t20-,21+/m1/s1. The van der Waals surface area contributed by atoms with Gasteiger partial charge in [0.15, 0.2) is 0 Å². The third kappa shape index (κ3) is 5.48. The maximum absolute atomic E-state index is 12.4. The van der Waals surface area contributed by atoms with Gasteiger partial charge in [-0.05, 0) is 76.6 Å². The van der Waals surface area contributed by atoms with E-state index in [-0.39, 0.29) is 17.9 Å². The molecule has 3 rings (SSSR count). The molecule has 1 aromatic carbocycles. The number of aryl methyl sites for hydroxylation is 1. The molecule has 5 heteroatoms. The predicted molar refractivity (Wildman–Crippen MR) is 110 cm³/mol. The number of piperidine rings is 1. The third-order valence-corrected chi connectivity index (χ3v) is 5.85. The molecule has 0 unspecified atom stereocenters. The first kappa shape index (κ1) is 20.7. The third-order valence-electron chi connectivity index (χ3n) is 5.85. The van der Waals surface area contributed by atoms with E-state index in [9.17, 15) is 10.1 Å². The minimum Gasteiger partial charge on any atom is -0.444 e. The molecule has 2 atom stereocenters. The monoisotopic (exact) mass is 383 g/mol. The summed E-state index contributed by atoms with van der Waals surface area (Å²) in [5.41, 5.74) is 1.98. The van der Waals surface area contributed by atoms with E-state index in [1.165, 1.54) is 24.8 Å². The molecular weight excluding hydrogens is 350 g/mol. The highest BCUT2D eigenvalue weighted by Crippen LogP contribution is 2.33. The molecule has 0 radical (unpaired) electrons. The maximum Gasteiger partial charge on any atom is 0.410 e. The van der Waals surface area contributed by atoms with Gasteiger partial charge in [0.1, 0.15) is 5.60 Å². The summed E-state index contributed by atoms with van der Waals surface area (Å²) in [5, 5.41) is 13.0. The predicted octanol–water partition coefficient (Wildman–Crippen LogP) is 4.09. The van der Waals surface area contributed by atoms with Gasteiger partial charge in [0.2, 0.25) is 0 Å². The second-order valence-corrected chi connectivity index (χ2v) is 9.20. The summed E-state index contributed by atoms with van der Waals surface area (Å²) >= 11 is 0. The van der Waals surface area contributed by atoms with Crippen molar-refractivity contribution in [2.24, 2.45) is 11.8 Å². The topological polar surface area (TPSA) is 65.4 Å². The zero-order valence-electron chi connectivity index (χ0n) is 17.4. The number of amides is 1. The number of carbonyl (C=O) groups is 1. The van der Waals surface area contributed by atoms with Crippen LogP contribution in [0.25, 0.3) is 0 Å². The van der Waals surface area contributed by atoms with Gasteiger partial charge in [-0.2, -0.15) is 5.26 Å². The van der Waals surface area contributed by atoms with Crippen LogP contribution in [-0.2, 0) is 11.2 Å². The minimum atomic E-state index is -0.520. The van der Waals surface area contributed by atoms with Crippen LogP contribution < -0.4 is 5.32 Å². The summed E-state index contributed by atoms with van der Waals surface area (Å²) in [6.45, 7) is 8.87. The molecule has 0 saturated carbocycles. The Morgan fingerprint density at radius 3 is 2.50 bits per heavy atom. The van der Waals surface area contributed by atoms with Gasteiger partial charge in [-0.3, -0.25) is 0 Å². The summed E-state index contributed by atoms with van der Waals surface area (Å²) in [6, 6.07) is 11.1. The molecule has 2 heterocycles. The van der Waals surface area contributed by atoms with Gasteiger partial charge in [-0.15, -0.1) is 0 Å². The molecule has 28 heavy (non-hydrogen) atoms. The van der Waals surface area contributed by atoms with Gasteiger partial charge in [-0.25, -0.2) is 4.79 Å². The van der Waals surface area contributed by atoms with Crippen molar-refractivity contribution in [3.63, 3.8) is 0 Å². The SMILES string of the molecule is CC(C)(C)OC(=O)N1C[C@@H](C#N)[C@H](c2ccc(CCC3CCNCC3)cc2)C1. The van der Waals surface area contributed by atoms with Crippen molar-refractivity contribution in [3.05, 3.63) is 35.4 Å². The van der Waals surface area contributed by atoms with Crippen LogP contribution >= 0.6 is 0 Å². The highest BCUT2D eigenvalue weighted by atomic mass is 16.6. The molecule has 0 aromatic heterocycles. The summed E-state index contributed by atoms with van der Waals surface area (Å²) in [5.74, 6) is 0.699. The lowest BCUT2D eigenvalue weighted by Gasteiger charge is -2.24. The van der Waals surface area contributed by atoms with Gasteiger partial charge >= 0.3 is 6.09 Å². The Hall–Kier alpha value is -2.06. The van der Waals surface area contributed by atoms with E-state index in [1.807, 2.05) is 20.8 Å². The second-order valence-electron chi connectivity index (χ2n) is 9.20. The van der Waals surface area contributed by atoms with Gasteiger partial charge in [0.05, 0.1) is 12.0 Å². The van der Waals surface area contributed by atoms with Crippen molar-refractivity contribution < 1.29 is 9.53 Å². The van der Waals surface area contributed by atoms with E-state index in [2.05, 4.69) is 35.7 Å². The van der Waals surface area contributed by atoms with Crippen LogP contribution in [0.3, 0.4) is 0 Å². The lowest BCUT2D eigenvalue weighted by Crippen LogP contribution is -2.35. The van der Waals surface area contributed by atoms with Crippen molar-refractivity contribution in [2.45, 2.75) is 58.0 Å². The number of ether oxygens (including phenoxy) is 1. The first-order chi connectivity index (χ1) is 13.4. The number of carbonyl (C=O) groups excluding carboxylic acids is 1. The fraction of sp³-hybridized carbons (Fsp3) is 0.652. The van der Waals surface area contributed by atoms with Crippen LogP contribution in [-0.4, -0.2) is 42.8 Å². The number of nitrogens with one attached hydrogen (secondary N) is 1. The molecule has 0 aliphatic carbocycles. The number of nitrogens with zero attached hydrogens (tertiary/aromatic N) is 2. The fourth-order valence-electron chi connectivity index (χ4n) is 4.22. The van der Waals surface area contributed by atoms with Gasteiger partial charge in [0, 0.05) is 19.0 Å². The lowest BCUT2D eigenvalue weighted by molar-refractivity contribution is 0.0289. The van der Waals surface area contributed by atoms with Gasteiger partial charge in [-0.1, -0.05) is 24.3 Å². The minimum absolute atomic E-state index is 0.0518. The first-order valence-corrected chi connectivity index (χ1v) is 10.5. The highest BCUT2D eigenvalue weighted by molar-refractivity contribution is 5.69. The molecule has 1 aromatic rings. The average Bonchev–Trinajstić information content (AvgIpc) is 3.11. The number of rotatable bonds is 4. The molecule has 2 saturated heterocycles. The number of likely N-dealkylation sites (tertiary alicyclic amines) is 1. The van der Waals surface area contributed by atoms with Crippen molar-refractivity contribution in [1.82, 2.24) is 10.2 Å². The van der Waals surface area contributed by atoms with E-state index in [0.717, 1.165) is 31.0 Å². The average molecular weight is 384 g/mol. The fourth-order valence-corrected chi connectivity index (χ4v) is 4.22. The molecule has 2 aliphatic heterocycles. The first-order valence-electron chi connectivity index (χ1n) is 10.5. The molecule has 1 amide bonds. The van der Waals surface area contributed by atoms with E-state index in [0.29, 0.717) is 13.1 Å². The van der Waals surface area contributed by atoms with Crippen molar-refractivity contribution in [2.75, 3.05) is 26.2 Å². The van der Waals surface area contributed by atoms with E-state index >= 15 is 0 Å². The molecule has 5 nitrogen and oxygen atoms in total. The van der Waals surface area contributed by atoms with Crippen LogP contribution in [0.1, 0.15) is 57.1 Å². The summed E-state index contributed by atoms with van der Waals surface area (Å²) in [6.07, 6.45) is 4.60. The molecule has 1 N–H and O–H groups in total. The van der Waals surface area contributed by atoms with Crippen LogP contribution in [0.15, 0.2) is 24.3 Å². The quantitative estimate of drug-likeness (QED) is 0.850. The largest absolute Gasteiger partial charge is 0.444 e. The molecular formula is C23H33N3O2. The lowest BCUT2D eigenvalue weighted by atomic mass is 9.88. The Kier molecular flexibility index (Phi) is 6.61.